The lowest BCUT2D eigenvalue weighted by Crippen LogP contribution is -2.39. The van der Waals surface area contributed by atoms with Gasteiger partial charge < -0.3 is 31.3 Å². The average Bonchev–Trinajstić information content (AvgIpc) is 3.23. The van der Waals surface area contributed by atoms with Crippen molar-refractivity contribution >= 4 is 45.9 Å². The van der Waals surface area contributed by atoms with Gasteiger partial charge in [0.25, 0.3) is 11.5 Å². The van der Waals surface area contributed by atoms with Crippen LogP contribution in [0.4, 0.5) is 11.4 Å². The van der Waals surface area contributed by atoms with E-state index in [2.05, 4.69) is 10.3 Å². The Bertz CT molecular complexity index is 1480. The molecule has 0 unspecified atom stereocenters. The number of benzene rings is 2. The van der Waals surface area contributed by atoms with E-state index in [1.165, 1.54) is 18.2 Å². The molecule has 2 heterocycles. The van der Waals surface area contributed by atoms with E-state index in [1.54, 1.807) is 30.3 Å². The van der Waals surface area contributed by atoms with E-state index in [0.29, 0.717) is 23.5 Å². The van der Waals surface area contributed by atoms with Crippen LogP contribution < -0.4 is 21.5 Å². The standard InChI is InChI=1S/C25H25N5O7/c26-24-18-5-3-16(9-15(18)12-27-24)28-25(37)20(32)11-22(34)29(7-8-31)17-4-1-14-2-6-21(33)30(13-23(35)36)19(14)10-17/h1-6,9-10,20,31-32H,7-8,11-13H2,(H2,26,27)(H,28,37)(H,35,36)/t20-/m1/s1. The lowest BCUT2D eigenvalue weighted by atomic mass is 10.1. The summed E-state index contributed by atoms with van der Waals surface area (Å²) in [7, 11) is 0. The van der Waals surface area contributed by atoms with Gasteiger partial charge in [-0.2, -0.15) is 0 Å². The van der Waals surface area contributed by atoms with E-state index in [-0.39, 0.29) is 17.7 Å². The van der Waals surface area contributed by atoms with Crippen molar-refractivity contribution in [2.24, 2.45) is 10.7 Å². The first-order valence-corrected chi connectivity index (χ1v) is 11.4. The van der Waals surface area contributed by atoms with Crippen molar-refractivity contribution < 1.29 is 29.7 Å². The molecule has 3 aromatic rings. The number of aliphatic carboxylic acids is 1. The van der Waals surface area contributed by atoms with Gasteiger partial charge in [-0.15, -0.1) is 0 Å². The van der Waals surface area contributed by atoms with Gasteiger partial charge in [0.1, 0.15) is 18.5 Å². The number of nitrogens with two attached hydrogens (primary N) is 1. The summed E-state index contributed by atoms with van der Waals surface area (Å²) in [5, 5.41) is 32.3. The second-order valence-electron chi connectivity index (χ2n) is 8.45. The van der Waals surface area contributed by atoms with Crippen LogP contribution in [0.5, 0.6) is 0 Å². The Hall–Kier alpha value is -4.55. The summed E-state index contributed by atoms with van der Waals surface area (Å²) in [4.78, 5) is 54.4. The molecule has 192 valence electrons. The zero-order chi connectivity index (χ0) is 26.7. The zero-order valence-corrected chi connectivity index (χ0v) is 19.6. The van der Waals surface area contributed by atoms with Gasteiger partial charge in [0.15, 0.2) is 0 Å². The van der Waals surface area contributed by atoms with E-state index >= 15 is 0 Å². The molecule has 2 aromatic carbocycles. The van der Waals surface area contributed by atoms with Crippen molar-refractivity contribution in [3.05, 3.63) is 70.0 Å². The fourth-order valence-electron chi connectivity index (χ4n) is 4.14. The molecule has 2 amide bonds. The predicted octanol–water partition coefficient (Wildman–Crippen LogP) is 0.0200. The maximum absolute atomic E-state index is 13.0. The van der Waals surface area contributed by atoms with Crippen LogP contribution in [-0.2, 0) is 27.5 Å². The number of nitrogens with zero attached hydrogens (tertiary/aromatic N) is 3. The van der Waals surface area contributed by atoms with Crippen LogP contribution in [0, 0.1) is 0 Å². The van der Waals surface area contributed by atoms with E-state index in [9.17, 15) is 34.5 Å². The van der Waals surface area contributed by atoms with Crippen molar-refractivity contribution in [1.82, 2.24) is 4.57 Å². The van der Waals surface area contributed by atoms with Crippen molar-refractivity contribution in [2.75, 3.05) is 23.4 Å². The van der Waals surface area contributed by atoms with Crippen molar-refractivity contribution in [3.63, 3.8) is 0 Å². The third-order valence-electron chi connectivity index (χ3n) is 5.95. The molecule has 0 saturated carbocycles. The lowest BCUT2D eigenvalue weighted by Gasteiger charge is -2.24. The number of amides is 2. The van der Waals surface area contributed by atoms with Crippen molar-refractivity contribution in [2.45, 2.75) is 25.6 Å². The number of rotatable bonds is 9. The van der Waals surface area contributed by atoms with Gasteiger partial charge in [0, 0.05) is 29.5 Å². The summed E-state index contributed by atoms with van der Waals surface area (Å²) in [6.45, 7) is -0.758. The number of carboxylic acid groups (broad SMARTS) is 1. The second kappa shape index (κ2) is 10.6. The fourth-order valence-corrected chi connectivity index (χ4v) is 4.14. The number of carbonyl (C=O) groups is 3. The lowest BCUT2D eigenvalue weighted by molar-refractivity contribution is -0.137. The Kier molecular flexibility index (Phi) is 7.32. The normalized spacial score (nSPS) is 13.1. The van der Waals surface area contributed by atoms with Crippen LogP contribution in [0.1, 0.15) is 17.5 Å². The first kappa shape index (κ1) is 25.5. The van der Waals surface area contributed by atoms with Crippen LogP contribution in [0.25, 0.3) is 10.9 Å². The van der Waals surface area contributed by atoms with Crippen LogP contribution in [0.2, 0.25) is 0 Å². The van der Waals surface area contributed by atoms with Crippen LogP contribution >= 0.6 is 0 Å². The molecular weight excluding hydrogens is 482 g/mol. The molecule has 37 heavy (non-hydrogen) atoms. The monoisotopic (exact) mass is 507 g/mol. The van der Waals surface area contributed by atoms with E-state index in [1.807, 2.05) is 0 Å². The molecule has 12 nitrogen and oxygen atoms in total. The fraction of sp³-hybridized carbons (Fsp3) is 0.240. The zero-order valence-electron chi connectivity index (χ0n) is 19.6. The third-order valence-corrected chi connectivity index (χ3v) is 5.95. The Morgan fingerprint density at radius 1 is 1.14 bits per heavy atom. The highest BCUT2D eigenvalue weighted by molar-refractivity contribution is 6.03. The predicted molar refractivity (Wildman–Crippen MR) is 135 cm³/mol. The number of carboxylic acids is 1. The van der Waals surface area contributed by atoms with Crippen LogP contribution in [-0.4, -0.2) is 62.8 Å². The van der Waals surface area contributed by atoms with Crippen molar-refractivity contribution in [1.29, 1.82) is 0 Å². The minimum Gasteiger partial charge on any atom is -0.480 e. The number of amidine groups is 1. The summed E-state index contributed by atoms with van der Waals surface area (Å²) in [6, 6.07) is 12.4. The largest absolute Gasteiger partial charge is 0.480 e. The molecule has 0 saturated heterocycles. The van der Waals surface area contributed by atoms with E-state index in [4.69, 9.17) is 5.73 Å². The highest BCUT2D eigenvalue weighted by atomic mass is 16.4. The topological polar surface area (TPSA) is 188 Å². The van der Waals surface area contributed by atoms with E-state index < -0.39 is 49.0 Å². The van der Waals surface area contributed by atoms with E-state index in [0.717, 1.165) is 20.6 Å². The van der Waals surface area contributed by atoms with Gasteiger partial charge in [-0.05, 0) is 47.3 Å². The summed E-state index contributed by atoms with van der Waals surface area (Å²) in [5.41, 5.74) is 7.82. The number of carbonyl (C=O) groups excluding carboxylic acids is 2. The first-order chi connectivity index (χ1) is 17.7. The Morgan fingerprint density at radius 3 is 2.62 bits per heavy atom. The number of pyridine rings is 1. The molecular formula is C25H25N5O7. The molecule has 0 aliphatic carbocycles. The number of hydrogen-bond donors (Lipinski definition) is 5. The first-order valence-electron chi connectivity index (χ1n) is 11.4. The van der Waals surface area contributed by atoms with Gasteiger partial charge in [-0.3, -0.25) is 28.7 Å². The molecule has 4 rings (SSSR count). The molecule has 1 atom stereocenters. The Balaban J connectivity index is 1.52. The summed E-state index contributed by atoms with van der Waals surface area (Å²) in [6.07, 6.45) is -2.27. The smallest absolute Gasteiger partial charge is 0.323 e. The van der Waals surface area contributed by atoms with Crippen LogP contribution in [0.3, 0.4) is 0 Å². The highest BCUT2D eigenvalue weighted by Gasteiger charge is 2.25. The molecule has 12 heteroatoms. The maximum atomic E-state index is 13.0. The SMILES string of the molecule is NC1=NCc2cc(NC(=O)[C@H](O)CC(=O)N(CCO)c3ccc4ccc(=O)n(CC(=O)O)c4c3)ccc21. The molecule has 1 aliphatic heterocycles. The second-order valence-corrected chi connectivity index (χ2v) is 8.45. The Labute approximate surface area is 210 Å². The van der Waals surface area contributed by atoms with Gasteiger partial charge in [-0.25, -0.2) is 0 Å². The third kappa shape index (κ3) is 5.50. The number of aliphatic hydroxyl groups excluding tert-OH is 2. The molecule has 1 aliphatic rings. The molecule has 0 bridgehead atoms. The molecule has 6 N–H and O–H groups in total. The molecule has 0 radical (unpaired) electrons. The van der Waals surface area contributed by atoms with Gasteiger partial charge in [0.2, 0.25) is 5.91 Å². The number of aliphatic imine (C=N–C) groups is 1. The minimum atomic E-state index is -1.69. The molecule has 1 aromatic heterocycles. The number of aromatic nitrogens is 1. The summed E-state index contributed by atoms with van der Waals surface area (Å²) < 4.78 is 1.06. The number of anilines is 2. The van der Waals surface area contributed by atoms with Crippen LogP contribution in [0.15, 0.2) is 58.3 Å². The van der Waals surface area contributed by atoms with Gasteiger partial charge in [-0.1, -0.05) is 6.07 Å². The molecule has 0 fully saturated rings. The highest BCUT2D eigenvalue weighted by Crippen LogP contribution is 2.24. The number of hydrogen-bond acceptors (Lipinski definition) is 8. The number of aliphatic hydroxyl groups is 2. The quantitative estimate of drug-likeness (QED) is 0.268. The average molecular weight is 508 g/mol. The number of fused-ring (bicyclic) bond motifs is 2. The Morgan fingerprint density at radius 2 is 1.89 bits per heavy atom. The van der Waals surface area contributed by atoms with Crippen molar-refractivity contribution in [3.8, 4) is 0 Å². The minimum absolute atomic E-state index is 0.152. The van der Waals surface area contributed by atoms with Gasteiger partial charge in [0.05, 0.1) is 25.1 Å². The van der Waals surface area contributed by atoms with Gasteiger partial charge >= 0.3 is 5.97 Å². The molecule has 0 spiro atoms. The maximum Gasteiger partial charge on any atom is 0.323 e. The number of nitrogens with one attached hydrogen (secondary N) is 1. The summed E-state index contributed by atoms with van der Waals surface area (Å²) in [5.74, 6) is -2.25. The summed E-state index contributed by atoms with van der Waals surface area (Å²) >= 11 is 0.